The molecule has 1 amide bonds. The lowest BCUT2D eigenvalue weighted by atomic mass is 10.1. The van der Waals surface area contributed by atoms with Crippen LogP contribution in [0.5, 0.6) is 0 Å². The molecule has 1 aromatic carbocycles. The van der Waals surface area contributed by atoms with Crippen molar-refractivity contribution in [1.82, 2.24) is 9.97 Å². The van der Waals surface area contributed by atoms with Crippen molar-refractivity contribution >= 4 is 17.4 Å². The van der Waals surface area contributed by atoms with Crippen LogP contribution < -0.4 is 10.2 Å². The number of anilines is 2. The normalized spacial score (nSPS) is 14.5. The van der Waals surface area contributed by atoms with E-state index in [0.717, 1.165) is 30.2 Å². The third-order valence-electron chi connectivity index (χ3n) is 4.99. The highest BCUT2D eigenvalue weighted by Crippen LogP contribution is 2.23. The van der Waals surface area contributed by atoms with Crippen molar-refractivity contribution in [2.45, 2.75) is 32.6 Å². The van der Waals surface area contributed by atoms with Gasteiger partial charge in [-0.3, -0.25) is 4.79 Å². The van der Waals surface area contributed by atoms with E-state index in [0.29, 0.717) is 17.2 Å². The highest BCUT2D eigenvalue weighted by Gasteiger charge is 2.13. The lowest BCUT2D eigenvalue weighted by Crippen LogP contribution is -2.25. The Bertz CT molecular complexity index is 924. The van der Waals surface area contributed by atoms with Crippen LogP contribution in [0.2, 0.25) is 0 Å². The summed E-state index contributed by atoms with van der Waals surface area (Å²) >= 11 is 0. The molecule has 1 aliphatic heterocycles. The summed E-state index contributed by atoms with van der Waals surface area (Å²) < 4.78 is 5.52. The third-order valence-corrected chi connectivity index (χ3v) is 4.99. The van der Waals surface area contributed by atoms with Gasteiger partial charge in [-0.2, -0.15) is 0 Å². The number of pyridine rings is 1. The maximum Gasteiger partial charge on any atom is 0.257 e. The van der Waals surface area contributed by atoms with E-state index in [1.807, 2.05) is 43.3 Å². The van der Waals surface area contributed by atoms with Crippen LogP contribution in [0.1, 0.15) is 41.9 Å². The molecule has 0 unspecified atom stereocenters. The van der Waals surface area contributed by atoms with Gasteiger partial charge >= 0.3 is 0 Å². The Labute approximate surface area is 164 Å². The molecule has 3 heterocycles. The van der Waals surface area contributed by atoms with Crippen LogP contribution in [0.4, 0.5) is 11.5 Å². The molecule has 28 heavy (non-hydrogen) atoms. The summed E-state index contributed by atoms with van der Waals surface area (Å²) in [5, 5.41) is 2.91. The van der Waals surface area contributed by atoms with Gasteiger partial charge in [0.15, 0.2) is 11.7 Å². The molecule has 6 heteroatoms. The Morgan fingerprint density at radius 2 is 1.71 bits per heavy atom. The Morgan fingerprint density at radius 1 is 0.964 bits per heavy atom. The van der Waals surface area contributed by atoms with Crippen molar-refractivity contribution in [2.75, 3.05) is 23.3 Å². The van der Waals surface area contributed by atoms with Gasteiger partial charge in [-0.1, -0.05) is 12.8 Å². The second-order valence-electron chi connectivity index (χ2n) is 7.08. The van der Waals surface area contributed by atoms with E-state index < -0.39 is 0 Å². The maximum atomic E-state index is 12.5. The van der Waals surface area contributed by atoms with E-state index in [-0.39, 0.29) is 5.91 Å². The lowest BCUT2D eigenvalue weighted by molar-refractivity contribution is 0.102. The number of carbonyl (C=O) groups is 1. The van der Waals surface area contributed by atoms with Crippen LogP contribution in [-0.4, -0.2) is 29.0 Å². The lowest BCUT2D eigenvalue weighted by Gasteiger charge is -2.21. The van der Waals surface area contributed by atoms with Crippen molar-refractivity contribution in [3.8, 4) is 11.3 Å². The maximum absolute atomic E-state index is 12.5. The fourth-order valence-corrected chi connectivity index (χ4v) is 3.42. The zero-order valence-corrected chi connectivity index (χ0v) is 16.0. The molecule has 1 N–H and O–H groups in total. The number of hydrogen-bond acceptors (Lipinski definition) is 5. The zero-order valence-electron chi connectivity index (χ0n) is 16.0. The monoisotopic (exact) mass is 376 g/mol. The number of amides is 1. The molecule has 0 atom stereocenters. The first-order chi connectivity index (χ1) is 13.7. The number of aromatic nitrogens is 2. The quantitative estimate of drug-likeness (QED) is 0.716. The molecule has 1 fully saturated rings. The second-order valence-corrected chi connectivity index (χ2v) is 7.08. The fraction of sp³-hybridized carbons (Fsp3) is 0.318. The Hall–Kier alpha value is -3.15. The smallest absolute Gasteiger partial charge is 0.257 e. The molecule has 6 nitrogen and oxygen atoms in total. The SMILES string of the molecule is Cc1ncc(-c2ccc(NC(=O)c3ccc(N4CCCCCC4)nc3)cc2)o1. The van der Waals surface area contributed by atoms with Crippen LogP contribution in [0.25, 0.3) is 11.3 Å². The molecular formula is C22H24N4O2. The molecule has 0 aliphatic carbocycles. The molecule has 0 bridgehead atoms. The van der Waals surface area contributed by atoms with Gasteiger partial charge in [-0.25, -0.2) is 9.97 Å². The van der Waals surface area contributed by atoms with Gasteiger partial charge in [0.1, 0.15) is 5.82 Å². The second kappa shape index (κ2) is 8.25. The Morgan fingerprint density at radius 3 is 2.32 bits per heavy atom. The van der Waals surface area contributed by atoms with Gasteiger partial charge in [0.05, 0.1) is 11.8 Å². The number of benzene rings is 1. The summed E-state index contributed by atoms with van der Waals surface area (Å²) in [4.78, 5) is 23.4. The standard InChI is InChI=1S/C22H24N4O2/c1-16-23-15-20(28-16)17-6-9-19(10-7-17)25-22(27)18-8-11-21(24-14-18)26-12-4-2-3-5-13-26/h6-11,14-15H,2-5,12-13H2,1H3,(H,25,27). The predicted octanol–water partition coefficient (Wildman–Crippen LogP) is 4.68. The largest absolute Gasteiger partial charge is 0.441 e. The minimum atomic E-state index is -0.168. The minimum Gasteiger partial charge on any atom is -0.441 e. The average molecular weight is 376 g/mol. The van der Waals surface area contributed by atoms with Crippen molar-refractivity contribution in [3.05, 3.63) is 60.2 Å². The van der Waals surface area contributed by atoms with Crippen LogP contribution in [0, 0.1) is 6.92 Å². The molecule has 3 aromatic rings. The molecule has 0 radical (unpaired) electrons. The molecular weight excluding hydrogens is 352 g/mol. The fourth-order valence-electron chi connectivity index (χ4n) is 3.42. The first-order valence-electron chi connectivity index (χ1n) is 9.74. The molecule has 1 aliphatic rings. The van der Waals surface area contributed by atoms with E-state index in [2.05, 4.69) is 20.2 Å². The number of carbonyl (C=O) groups excluding carboxylic acids is 1. The number of hydrogen-bond donors (Lipinski definition) is 1. The van der Waals surface area contributed by atoms with Crippen LogP contribution >= 0.6 is 0 Å². The van der Waals surface area contributed by atoms with Crippen molar-refractivity contribution in [3.63, 3.8) is 0 Å². The van der Waals surface area contributed by atoms with E-state index in [1.165, 1.54) is 25.7 Å². The summed E-state index contributed by atoms with van der Waals surface area (Å²) in [6.45, 7) is 3.88. The molecule has 1 saturated heterocycles. The topological polar surface area (TPSA) is 71.3 Å². The Kier molecular flexibility index (Phi) is 5.37. The summed E-state index contributed by atoms with van der Waals surface area (Å²) in [7, 11) is 0. The van der Waals surface area contributed by atoms with Gasteiger partial charge in [-0.15, -0.1) is 0 Å². The number of nitrogens with one attached hydrogen (secondary N) is 1. The van der Waals surface area contributed by atoms with E-state index in [1.54, 1.807) is 12.4 Å². The highest BCUT2D eigenvalue weighted by atomic mass is 16.4. The zero-order chi connectivity index (χ0) is 19.3. The van der Waals surface area contributed by atoms with Crippen molar-refractivity contribution < 1.29 is 9.21 Å². The first kappa shape index (κ1) is 18.2. The summed E-state index contributed by atoms with van der Waals surface area (Å²) in [5.74, 6) is 2.12. The van der Waals surface area contributed by atoms with Gasteiger partial charge in [-0.05, 0) is 49.2 Å². The molecule has 2 aromatic heterocycles. The summed E-state index contributed by atoms with van der Waals surface area (Å²) in [6, 6.07) is 11.3. The Balaban J connectivity index is 1.40. The predicted molar refractivity (Wildman–Crippen MR) is 110 cm³/mol. The van der Waals surface area contributed by atoms with Crippen molar-refractivity contribution in [2.24, 2.45) is 0 Å². The van der Waals surface area contributed by atoms with Gasteiger partial charge < -0.3 is 14.6 Å². The number of aryl methyl sites for hydroxylation is 1. The number of oxazole rings is 1. The van der Waals surface area contributed by atoms with Gasteiger partial charge in [0, 0.05) is 37.5 Å². The first-order valence-corrected chi connectivity index (χ1v) is 9.74. The van der Waals surface area contributed by atoms with Gasteiger partial charge in [0.25, 0.3) is 5.91 Å². The van der Waals surface area contributed by atoms with Crippen LogP contribution in [0.15, 0.2) is 53.2 Å². The summed E-state index contributed by atoms with van der Waals surface area (Å²) in [5.41, 5.74) is 2.19. The molecule has 4 rings (SSSR count). The molecule has 144 valence electrons. The van der Waals surface area contributed by atoms with Crippen LogP contribution in [-0.2, 0) is 0 Å². The van der Waals surface area contributed by atoms with Crippen molar-refractivity contribution in [1.29, 1.82) is 0 Å². The number of rotatable bonds is 4. The van der Waals surface area contributed by atoms with Crippen LogP contribution in [0.3, 0.4) is 0 Å². The minimum absolute atomic E-state index is 0.168. The average Bonchev–Trinajstić information content (AvgIpc) is 2.98. The number of nitrogens with zero attached hydrogens (tertiary/aromatic N) is 3. The highest BCUT2D eigenvalue weighted by molar-refractivity contribution is 6.04. The van der Waals surface area contributed by atoms with E-state index >= 15 is 0 Å². The van der Waals surface area contributed by atoms with Gasteiger partial charge in [0.2, 0.25) is 0 Å². The van der Waals surface area contributed by atoms with E-state index in [9.17, 15) is 4.79 Å². The molecule has 0 saturated carbocycles. The molecule has 0 spiro atoms. The van der Waals surface area contributed by atoms with E-state index in [4.69, 9.17) is 4.42 Å². The summed E-state index contributed by atoms with van der Waals surface area (Å²) in [6.07, 6.45) is 8.32. The third kappa shape index (κ3) is 4.22.